The van der Waals surface area contributed by atoms with Crippen molar-refractivity contribution in [3.05, 3.63) is 75.1 Å². The fourth-order valence-corrected chi connectivity index (χ4v) is 2.44. The van der Waals surface area contributed by atoms with Gasteiger partial charge in [-0.25, -0.2) is 4.79 Å². The fraction of sp³-hybridized carbons (Fsp3) is 0.0588. The Morgan fingerprint density at radius 1 is 1.08 bits per heavy atom. The van der Waals surface area contributed by atoms with Crippen LogP contribution in [0.1, 0.15) is 15.9 Å². The Bertz CT molecular complexity index is 1030. The largest absolute Gasteiger partial charge is 0.422 e. The lowest BCUT2D eigenvalue weighted by Gasteiger charge is -2.14. The molecule has 0 aliphatic rings. The van der Waals surface area contributed by atoms with Crippen molar-refractivity contribution >= 4 is 34.2 Å². The van der Waals surface area contributed by atoms with Gasteiger partial charge < -0.3 is 9.73 Å². The zero-order chi connectivity index (χ0) is 18.2. The van der Waals surface area contributed by atoms with Gasteiger partial charge >= 0.3 is 11.8 Å². The van der Waals surface area contributed by atoms with Gasteiger partial charge in [0.25, 0.3) is 5.91 Å². The summed E-state index contributed by atoms with van der Waals surface area (Å²) in [5.41, 5.74) is -2.69. The Balaban J connectivity index is 2.01. The SMILES string of the molecule is O=C(Nc1ccc(Cl)cc1C(F)(F)F)c1cc2ccccc2oc1=O. The molecule has 0 aliphatic heterocycles. The molecule has 128 valence electrons. The predicted octanol–water partition coefficient (Wildman–Crippen LogP) is 4.72. The second-order valence-electron chi connectivity index (χ2n) is 5.13. The van der Waals surface area contributed by atoms with Crippen molar-refractivity contribution in [3.8, 4) is 0 Å². The summed E-state index contributed by atoms with van der Waals surface area (Å²) < 4.78 is 44.2. The average Bonchev–Trinajstić information content (AvgIpc) is 2.54. The van der Waals surface area contributed by atoms with Crippen LogP contribution in [0.4, 0.5) is 18.9 Å². The molecular formula is C17H9ClF3NO3. The van der Waals surface area contributed by atoms with E-state index in [1.54, 1.807) is 24.3 Å². The van der Waals surface area contributed by atoms with Gasteiger partial charge in [0, 0.05) is 10.4 Å². The van der Waals surface area contributed by atoms with Crippen LogP contribution < -0.4 is 10.9 Å². The molecule has 0 saturated heterocycles. The molecule has 3 rings (SSSR count). The molecule has 0 saturated carbocycles. The maximum Gasteiger partial charge on any atom is 0.418 e. The summed E-state index contributed by atoms with van der Waals surface area (Å²) in [5, 5.41) is 2.43. The summed E-state index contributed by atoms with van der Waals surface area (Å²) in [7, 11) is 0. The van der Waals surface area contributed by atoms with Crippen molar-refractivity contribution in [1.82, 2.24) is 0 Å². The number of hydrogen-bond acceptors (Lipinski definition) is 3. The third kappa shape index (κ3) is 3.51. The number of halogens is 4. The summed E-state index contributed by atoms with van der Waals surface area (Å²) in [5.74, 6) is -1.01. The van der Waals surface area contributed by atoms with Gasteiger partial charge in [-0.15, -0.1) is 0 Å². The number of rotatable bonds is 2. The van der Waals surface area contributed by atoms with Gasteiger partial charge in [0.2, 0.25) is 0 Å². The van der Waals surface area contributed by atoms with Gasteiger partial charge in [-0.05, 0) is 30.3 Å². The third-order valence-electron chi connectivity index (χ3n) is 3.42. The molecule has 0 atom stereocenters. The van der Waals surface area contributed by atoms with Gasteiger partial charge in [-0.3, -0.25) is 4.79 Å². The molecular weight excluding hydrogens is 359 g/mol. The molecule has 3 aromatic rings. The van der Waals surface area contributed by atoms with Crippen LogP contribution in [0.15, 0.2) is 57.7 Å². The van der Waals surface area contributed by atoms with Crippen molar-refractivity contribution in [2.24, 2.45) is 0 Å². The molecule has 1 N–H and O–H groups in total. The van der Waals surface area contributed by atoms with Crippen LogP contribution in [0, 0.1) is 0 Å². The molecule has 1 amide bonds. The molecule has 1 aromatic heterocycles. The lowest BCUT2D eigenvalue weighted by molar-refractivity contribution is -0.136. The lowest BCUT2D eigenvalue weighted by atomic mass is 10.1. The second kappa shape index (κ2) is 6.25. The highest BCUT2D eigenvalue weighted by atomic mass is 35.5. The average molecular weight is 368 g/mol. The Hall–Kier alpha value is -2.80. The van der Waals surface area contributed by atoms with Gasteiger partial charge in [0.05, 0.1) is 11.3 Å². The first-order valence-electron chi connectivity index (χ1n) is 6.97. The van der Waals surface area contributed by atoms with Crippen LogP contribution in [0.2, 0.25) is 5.02 Å². The lowest BCUT2D eigenvalue weighted by Crippen LogP contribution is -2.22. The van der Waals surface area contributed by atoms with Crippen LogP contribution in [0.5, 0.6) is 0 Å². The summed E-state index contributed by atoms with van der Waals surface area (Å²) >= 11 is 5.59. The Morgan fingerprint density at radius 3 is 2.52 bits per heavy atom. The fourth-order valence-electron chi connectivity index (χ4n) is 2.27. The maximum absolute atomic E-state index is 13.1. The van der Waals surface area contributed by atoms with Crippen LogP contribution in [0.3, 0.4) is 0 Å². The highest BCUT2D eigenvalue weighted by molar-refractivity contribution is 6.30. The van der Waals surface area contributed by atoms with E-state index < -0.39 is 34.5 Å². The topological polar surface area (TPSA) is 59.3 Å². The minimum absolute atomic E-state index is 0.129. The Labute approximate surface area is 143 Å². The molecule has 4 nitrogen and oxygen atoms in total. The predicted molar refractivity (Wildman–Crippen MR) is 86.9 cm³/mol. The van der Waals surface area contributed by atoms with E-state index in [-0.39, 0.29) is 10.6 Å². The minimum atomic E-state index is -4.72. The van der Waals surface area contributed by atoms with Gasteiger partial charge in [0.1, 0.15) is 11.1 Å². The van der Waals surface area contributed by atoms with Gasteiger partial charge in [0.15, 0.2) is 0 Å². The first-order chi connectivity index (χ1) is 11.8. The summed E-state index contributed by atoms with van der Waals surface area (Å²) in [6.07, 6.45) is -4.72. The van der Waals surface area contributed by atoms with Crippen molar-refractivity contribution in [3.63, 3.8) is 0 Å². The van der Waals surface area contributed by atoms with E-state index in [2.05, 4.69) is 5.32 Å². The smallest absolute Gasteiger partial charge is 0.418 e. The summed E-state index contributed by atoms with van der Waals surface area (Å²) in [4.78, 5) is 24.2. The van der Waals surface area contributed by atoms with E-state index in [0.717, 1.165) is 6.07 Å². The normalized spacial score (nSPS) is 11.5. The van der Waals surface area contributed by atoms with Crippen LogP contribution >= 0.6 is 11.6 Å². The first-order valence-corrected chi connectivity index (χ1v) is 7.34. The summed E-state index contributed by atoms with van der Waals surface area (Å²) in [6.45, 7) is 0. The number of nitrogens with one attached hydrogen (secondary N) is 1. The highest BCUT2D eigenvalue weighted by Crippen LogP contribution is 2.36. The molecule has 0 spiro atoms. The highest BCUT2D eigenvalue weighted by Gasteiger charge is 2.34. The van der Waals surface area contributed by atoms with E-state index in [4.69, 9.17) is 16.0 Å². The van der Waals surface area contributed by atoms with E-state index >= 15 is 0 Å². The van der Waals surface area contributed by atoms with Gasteiger partial charge in [-0.1, -0.05) is 29.8 Å². The molecule has 8 heteroatoms. The van der Waals surface area contributed by atoms with E-state index in [0.29, 0.717) is 11.5 Å². The number of carbonyl (C=O) groups excluding carboxylic acids is 1. The molecule has 0 aliphatic carbocycles. The van der Waals surface area contributed by atoms with Crippen molar-refractivity contribution in [2.45, 2.75) is 6.18 Å². The quantitative estimate of drug-likeness (QED) is 0.667. The van der Waals surface area contributed by atoms with Crippen molar-refractivity contribution in [1.29, 1.82) is 0 Å². The summed E-state index contributed by atoms with van der Waals surface area (Å²) in [6, 6.07) is 10.7. The number of alkyl halides is 3. The number of fused-ring (bicyclic) bond motifs is 1. The molecule has 0 bridgehead atoms. The Morgan fingerprint density at radius 2 is 1.80 bits per heavy atom. The van der Waals surface area contributed by atoms with E-state index in [9.17, 15) is 22.8 Å². The van der Waals surface area contributed by atoms with Crippen molar-refractivity contribution in [2.75, 3.05) is 5.32 Å². The van der Waals surface area contributed by atoms with Crippen LogP contribution in [0.25, 0.3) is 11.0 Å². The first kappa shape index (κ1) is 17.0. The molecule has 0 radical (unpaired) electrons. The molecule has 2 aromatic carbocycles. The zero-order valence-corrected chi connectivity index (χ0v) is 13.1. The number of hydrogen-bond donors (Lipinski definition) is 1. The molecule has 0 fully saturated rings. The number of benzene rings is 2. The van der Waals surface area contributed by atoms with Crippen LogP contribution in [-0.4, -0.2) is 5.91 Å². The maximum atomic E-state index is 13.1. The molecule has 0 unspecified atom stereocenters. The molecule has 1 heterocycles. The zero-order valence-electron chi connectivity index (χ0n) is 12.4. The third-order valence-corrected chi connectivity index (χ3v) is 3.66. The van der Waals surface area contributed by atoms with Crippen molar-refractivity contribution < 1.29 is 22.4 Å². The standard InChI is InChI=1S/C17H9ClF3NO3/c18-10-5-6-13(12(8-10)17(19,20)21)22-15(23)11-7-9-3-1-2-4-14(9)25-16(11)24/h1-8H,(H,22,23). The Kier molecular flexibility index (Phi) is 4.26. The van der Waals surface area contributed by atoms with Gasteiger partial charge in [-0.2, -0.15) is 13.2 Å². The number of amides is 1. The number of carbonyl (C=O) groups is 1. The number of para-hydroxylation sites is 1. The second-order valence-corrected chi connectivity index (χ2v) is 5.56. The minimum Gasteiger partial charge on any atom is -0.422 e. The molecule has 25 heavy (non-hydrogen) atoms. The monoisotopic (exact) mass is 367 g/mol. The van der Waals surface area contributed by atoms with E-state index in [1.165, 1.54) is 12.1 Å². The van der Waals surface area contributed by atoms with Crippen LogP contribution in [-0.2, 0) is 6.18 Å². The number of anilines is 1. The van der Waals surface area contributed by atoms with E-state index in [1.807, 2.05) is 0 Å².